The zero-order valence-electron chi connectivity index (χ0n) is 21.2. The zero-order chi connectivity index (χ0) is 24.6. The molecule has 0 bridgehead atoms. The number of unbranched alkanes of at least 4 members (excludes halogenated alkanes) is 1. The average Bonchev–Trinajstić information content (AvgIpc) is 3.34. The normalized spacial score (nSPS) is 13.3. The maximum absolute atomic E-state index is 6.26. The van der Waals surface area contributed by atoms with E-state index in [-0.39, 0.29) is 6.04 Å². The van der Waals surface area contributed by atoms with Crippen molar-refractivity contribution in [1.82, 2.24) is 14.5 Å². The molecule has 35 heavy (non-hydrogen) atoms. The number of hydrogen-bond acceptors (Lipinski definition) is 5. The standard InChI is InChI=1S/C29H38N4O2/c1-4-7-10-21(5-2)18-35-24-15-13-22(14-16-24)17-23(19-34-6-3)33-20-31-27-28(33)25-11-8-9-12-26(25)32-29(27)30/h8-9,11-16,20-21,23H,4-7,10,17-19H2,1-3H3,(H2,30,32). The molecule has 2 N–H and O–H groups in total. The number of anilines is 1. The smallest absolute Gasteiger partial charge is 0.152 e. The summed E-state index contributed by atoms with van der Waals surface area (Å²) in [5.41, 5.74) is 10.1. The van der Waals surface area contributed by atoms with Gasteiger partial charge in [-0.1, -0.05) is 63.4 Å². The quantitative estimate of drug-likeness (QED) is 0.237. The molecule has 186 valence electrons. The molecule has 4 aromatic rings. The van der Waals surface area contributed by atoms with E-state index in [2.05, 4.69) is 58.7 Å². The Morgan fingerprint density at radius 2 is 1.80 bits per heavy atom. The van der Waals surface area contributed by atoms with Gasteiger partial charge in [0.15, 0.2) is 5.82 Å². The number of imidazole rings is 1. The van der Waals surface area contributed by atoms with Crippen LogP contribution in [-0.2, 0) is 11.2 Å². The Hall–Kier alpha value is -3.12. The third-order valence-electron chi connectivity index (χ3n) is 6.77. The topological polar surface area (TPSA) is 75.2 Å². The Kier molecular flexibility index (Phi) is 8.59. The summed E-state index contributed by atoms with van der Waals surface area (Å²) >= 11 is 0. The molecule has 2 aromatic heterocycles. The van der Waals surface area contributed by atoms with E-state index in [1.807, 2.05) is 31.5 Å². The molecule has 6 nitrogen and oxygen atoms in total. The lowest BCUT2D eigenvalue weighted by molar-refractivity contribution is 0.114. The summed E-state index contributed by atoms with van der Waals surface area (Å²) in [6.45, 7) is 8.55. The minimum Gasteiger partial charge on any atom is -0.493 e. The van der Waals surface area contributed by atoms with Crippen molar-refractivity contribution in [3.63, 3.8) is 0 Å². The van der Waals surface area contributed by atoms with Gasteiger partial charge in [-0.3, -0.25) is 0 Å². The molecule has 2 aromatic carbocycles. The molecule has 0 saturated carbocycles. The maximum atomic E-state index is 6.26. The Morgan fingerprint density at radius 3 is 2.54 bits per heavy atom. The predicted molar refractivity (Wildman–Crippen MR) is 144 cm³/mol. The Morgan fingerprint density at radius 1 is 1.00 bits per heavy atom. The number of aromatic nitrogens is 3. The summed E-state index contributed by atoms with van der Waals surface area (Å²) in [6.07, 6.45) is 7.58. The van der Waals surface area contributed by atoms with Crippen LogP contribution < -0.4 is 10.5 Å². The van der Waals surface area contributed by atoms with E-state index in [1.165, 1.54) is 24.8 Å². The number of rotatable bonds is 13. The first-order chi connectivity index (χ1) is 17.1. The second-order valence-electron chi connectivity index (χ2n) is 9.25. The number of pyridine rings is 1. The first kappa shape index (κ1) is 25.0. The fraction of sp³-hybridized carbons (Fsp3) is 0.448. The highest BCUT2D eigenvalue weighted by Gasteiger charge is 2.19. The molecule has 4 rings (SSSR count). The Labute approximate surface area is 208 Å². The predicted octanol–water partition coefficient (Wildman–Crippen LogP) is 6.58. The van der Waals surface area contributed by atoms with Crippen LogP contribution in [0.5, 0.6) is 5.75 Å². The monoisotopic (exact) mass is 474 g/mol. The molecule has 0 aliphatic heterocycles. The summed E-state index contributed by atoms with van der Waals surface area (Å²) in [5, 5.41) is 1.05. The molecule has 2 heterocycles. The van der Waals surface area contributed by atoms with Gasteiger partial charge in [0, 0.05) is 12.0 Å². The fourth-order valence-electron chi connectivity index (χ4n) is 4.64. The SMILES string of the molecule is CCCCC(CC)COc1ccc(CC(COCC)n2cnc3c(N)nc4ccccc4c32)cc1. The van der Waals surface area contributed by atoms with Crippen LogP contribution in [0.2, 0.25) is 0 Å². The summed E-state index contributed by atoms with van der Waals surface area (Å²) in [6, 6.07) is 16.7. The maximum Gasteiger partial charge on any atom is 0.152 e. The van der Waals surface area contributed by atoms with Crippen LogP contribution in [0.15, 0.2) is 54.9 Å². The second kappa shape index (κ2) is 12.0. The molecule has 0 fully saturated rings. The van der Waals surface area contributed by atoms with E-state index in [1.54, 1.807) is 0 Å². The van der Waals surface area contributed by atoms with E-state index in [4.69, 9.17) is 15.2 Å². The molecule has 0 aliphatic carbocycles. The number of nitrogens with two attached hydrogens (primary N) is 1. The summed E-state index contributed by atoms with van der Waals surface area (Å²) in [4.78, 5) is 9.16. The van der Waals surface area contributed by atoms with Crippen LogP contribution in [-0.4, -0.2) is 34.4 Å². The highest BCUT2D eigenvalue weighted by molar-refractivity contribution is 6.06. The third-order valence-corrected chi connectivity index (χ3v) is 6.77. The molecule has 0 spiro atoms. The van der Waals surface area contributed by atoms with Crippen LogP contribution in [0, 0.1) is 5.92 Å². The molecule has 0 amide bonds. The van der Waals surface area contributed by atoms with E-state index in [0.717, 1.165) is 47.1 Å². The van der Waals surface area contributed by atoms with E-state index in [9.17, 15) is 0 Å². The molecule has 2 unspecified atom stereocenters. The lowest BCUT2D eigenvalue weighted by Crippen LogP contribution is -2.18. The van der Waals surface area contributed by atoms with Crippen LogP contribution in [0.4, 0.5) is 5.82 Å². The Balaban J connectivity index is 1.55. The number of benzene rings is 2. The van der Waals surface area contributed by atoms with Gasteiger partial charge in [0.2, 0.25) is 0 Å². The molecule has 0 radical (unpaired) electrons. The number of hydrogen-bond donors (Lipinski definition) is 1. The summed E-state index contributed by atoms with van der Waals surface area (Å²) < 4.78 is 14.2. The van der Waals surface area contributed by atoms with Crippen LogP contribution >= 0.6 is 0 Å². The van der Waals surface area contributed by atoms with Crippen molar-refractivity contribution in [2.45, 2.75) is 58.9 Å². The van der Waals surface area contributed by atoms with E-state index >= 15 is 0 Å². The van der Waals surface area contributed by atoms with Gasteiger partial charge in [0.05, 0.1) is 36.6 Å². The van der Waals surface area contributed by atoms with Gasteiger partial charge < -0.3 is 19.8 Å². The first-order valence-corrected chi connectivity index (χ1v) is 12.9. The third kappa shape index (κ3) is 5.93. The lowest BCUT2D eigenvalue weighted by atomic mass is 10.0. The van der Waals surface area contributed by atoms with Gasteiger partial charge >= 0.3 is 0 Å². The lowest BCUT2D eigenvalue weighted by Gasteiger charge is -2.21. The van der Waals surface area contributed by atoms with Crippen LogP contribution in [0.25, 0.3) is 21.9 Å². The molecular formula is C29H38N4O2. The number of ether oxygens (including phenoxy) is 2. The largest absolute Gasteiger partial charge is 0.493 e. The first-order valence-electron chi connectivity index (χ1n) is 12.9. The number of fused-ring (bicyclic) bond motifs is 3. The molecule has 0 saturated heterocycles. The summed E-state index contributed by atoms with van der Waals surface area (Å²) in [7, 11) is 0. The highest BCUT2D eigenvalue weighted by atomic mass is 16.5. The number of para-hydroxylation sites is 1. The Bertz CT molecular complexity index is 1220. The molecule has 0 aliphatic rings. The summed E-state index contributed by atoms with van der Waals surface area (Å²) in [5.74, 6) is 2.01. The molecule has 2 atom stereocenters. The van der Waals surface area contributed by atoms with Gasteiger partial charge in [0.1, 0.15) is 11.3 Å². The zero-order valence-corrected chi connectivity index (χ0v) is 21.2. The van der Waals surface area contributed by atoms with Crippen molar-refractivity contribution in [3.8, 4) is 5.75 Å². The minimum atomic E-state index is 0.0791. The van der Waals surface area contributed by atoms with Crippen LogP contribution in [0.1, 0.15) is 58.1 Å². The van der Waals surface area contributed by atoms with E-state index < -0.39 is 0 Å². The number of nitrogens with zero attached hydrogens (tertiary/aromatic N) is 3. The minimum absolute atomic E-state index is 0.0791. The van der Waals surface area contributed by atoms with Crippen molar-refractivity contribution in [2.24, 2.45) is 5.92 Å². The average molecular weight is 475 g/mol. The van der Waals surface area contributed by atoms with E-state index in [0.29, 0.717) is 24.9 Å². The van der Waals surface area contributed by atoms with Crippen molar-refractivity contribution in [3.05, 3.63) is 60.4 Å². The molecule has 6 heteroatoms. The second-order valence-corrected chi connectivity index (χ2v) is 9.25. The van der Waals surface area contributed by atoms with Gasteiger partial charge in [-0.25, -0.2) is 9.97 Å². The van der Waals surface area contributed by atoms with Gasteiger partial charge in [-0.15, -0.1) is 0 Å². The van der Waals surface area contributed by atoms with Gasteiger partial charge in [0.25, 0.3) is 0 Å². The van der Waals surface area contributed by atoms with Crippen LogP contribution in [0.3, 0.4) is 0 Å². The fourth-order valence-corrected chi connectivity index (χ4v) is 4.64. The number of nitrogen functional groups attached to an aromatic ring is 1. The van der Waals surface area contributed by atoms with Gasteiger partial charge in [-0.05, 0) is 49.4 Å². The van der Waals surface area contributed by atoms with Crippen molar-refractivity contribution in [1.29, 1.82) is 0 Å². The van der Waals surface area contributed by atoms with Crippen molar-refractivity contribution in [2.75, 3.05) is 25.6 Å². The van der Waals surface area contributed by atoms with Crippen molar-refractivity contribution >= 4 is 27.8 Å². The highest BCUT2D eigenvalue weighted by Crippen LogP contribution is 2.30. The van der Waals surface area contributed by atoms with Crippen molar-refractivity contribution < 1.29 is 9.47 Å². The molecular weight excluding hydrogens is 436 g/mol. The van der Waals surface area contributed by atoms with Gasteiger partial charge in [-0.2, -0.15) is 0 Å².